The summed E-state index contributed by atoms with van der Waals surface area (Å²) in [4.78, 5) is 25.1. The Balaban J connectivity index is 1.67. The van der Waals surface area contributed by atoms with Crippen molar-refractivity contribution >= 4 is 11.8 Å². The highest BCUT2D eigenvalue weighted by molar-refractivity contribution is 5.83. The molecule has 2 aliphatic rings. The predicted molar refractivity (Wildman–Crippen MR) is 135 cm³/mol. The van der Waals surface area contributed by atoms with Crippen LogP contribution in [0.3, 0.4) is 0 Å². The van der Waals surface area contributed by atoms with Gasteiger partial charge >= 0.3 is 0 Å². The Hall–Kier alpha value is -1.06. The van der Waals surface area contributed by atoms with Crippen molar-refractivity contribution in [2.45, 2.75) is 166 Å². The van der Waals surface area contributed by atoms with Crippen molar-refractivity contribution in [3.05, 3.63) is 0 Å². The van der Waals surface area contributed by atoms with E-state index in [0.717, 1.165) is 25.7 Å². The van der Waals surface area contributed by atoms with Crippen LogP contribution in [0.2, 0.25) is 0 Å². The van der Waals surface area contributed by atoms with Crippen LogP contribution in [0.1, 0.15) is 154 Å². The lowest BCUT2D eigenvalue weighted by molar-refractivity contribution is -0.127. The van der Waals surface area contributed by atoms with Crippen molar-refractivity contribution in [1.29, 1.82) is 0 Å². The largest absolute Gasteiger partial charge is 0.353 e. The molecule has 2 N–H and O–H groups in total. The van der Waals surface area contributed by atoms with E-state index >= 15 is 0 Å². The van der Waals surface area contributed by atoms with Gasteiger partial charge in [-0.1, -0.05) is 116 Å². The number of nitrogens with one attached hydrogen (secondary N) is 2. The van der Waals surface area contributed by atoms with Crippen LogP contribution < -0.4 is 10.6 Å². The first-order chi connectivity index (χ1) is 15.7. The number of hydrogen-bond donors (Lipinski definition) is 2. The molecule has 186 valence electrons. The van der Waals surface area contributed by atoms with Crippen molar-refractivity contribution in [1.82, 2.24) is 10.6 Å². The minimum atomic E-state index is 0.0657. The van der Waals surface area contributed by atoms with E-state index in [-0.39, 0.29) is 11.8 Å². The van der Waals surface area contributed by atoms with Gasteiger partial charge in [-0.05, 0) is 25.7 Å². The van der Waals surface area contributed by atoms with Gasteiger partial charge in [0.1, 0.15) is 0 Å². The molecule has 2 rings (SSSR count). The summed E-state index contributed by atoms with van der Waals surface area (Å²) < 4.78 is 0. The van der Waals surface area contributed by atoms with Gasteiger partial charge in [0.15, 0.2) is 0 Å². The molecule has 0 bridgehead atoms. The normalized spacial score (nSPS) is 22.4. The third-order valence-electron chi connectivity index (χ3n) is 7.52. The van der Waals surface area contributed by atoms with Gasteiger partial charge in [-0.15, -0.1) is 0 Å². The van der Waals surface area contributed by atoms with E-state index in [9.17, 15) is 9.59 Å². The van der Waals surface area contributed by atoms with Crippen LogP contribution in [0, 0.1) is 0 Å². The van der Waals surface area contributed by atoms with E-state index in [2.05, 4.69) is 10.6 Å². The molecule has 0 aromatic rings. The molecule has 2 amide bonds. The zero-order valence-electron chi connectivity index (χ0n) is 20.9. The summed E-state index contributed by atoms with van der Waals surface area (Å²) in [5, 5.41) is 6.51. The van der Waals surface area contributed by atoms with Crippen molar-refractivity contribution in [3.8, 4) is 0 Å². The third-order valence-corrected chi connectivity index (χ3v) is 7.52. The number of amides is 2. The zero-order chi connectivity index (χ0) is 22.7. The molecule has 4 heteroatoms. The molecule has 0 atom stereocenters. The maximum atomic E-state index is 12.5. The van der Waals surface area contributed by atoms with Crippen LogP contribution in [0.15, 0.2) is 0 Å². The lowest BCUT2D eigenvalue weighted by Crippen LogP contribution is -2.38. The molecule has 2 aliphatic carbocycles. The summed E-state index contributed by atoms with van der Waals surface area (Å²) in [6, 6.07) is 0.604. The Morgan fingerprint density at radius 2 is 0.625 bits per heavy atom. The molecular formula is C28H52N2O2. The van der Waals surface area contributed by atoms with Crippen LogP contribution in [0.4, 0.5) is 0 Å². The second-order valence-corrected chi connectivity index (χ2v) is 10.5. The van der Waals surface area contributed by atoms with E-state index in [1.54, 1.807) is 0 Å². The highest BCUT2D eigenvalue weighted by Crippen LogP contribution is 2.18. The Morgan fingerprint density at radius 1 is 0.406 bits per heavy atom. The van der Waals surface area contributed by atoms with Gasteiger partial charge < -0.3 is 10.6 Å². The molecular weight excluding hydrogens is 396 g/mol. The fourth-order valence-electron chi connectivity index (χ4n) is 5.44. The first-order valence-electron chi connectivity index (χ1n) is 14.3. The molecule has 0 aliphatic heterocycles. The predicted octanol–water partition coefficient (Wildman–Crippen LogP) is 7.35. The Morgan fingerprint density at radius 3 is 0.875 bits per heavy atom. The lowest BCUT2D eigenvalue weighted by atomic mass is 9.97. The Kier molecular flexibility index (Phi) is 15.6. The van der Waals surface area contributed by atoms with Crippen molar-refractivity contribution in [2.75, 3.05) is 0 Å². The SMILES string of the molecule is O=C(CCC(=O)NC1CCCCCCCCCCC1)NC1CCCCCCCCCCC1. The van der Waals surface area contributed by atoms with E-state index in [1.165, 1.54) is 116 Å². The quantitative estimate of drug-likeness (QED) is 0.462. The summed E-state index contributed by atoms with van der Waals surface area (Å²) in [5.74, 6) is 0.131. The highest BCUT2D eigenvalue weighted by atomic mass is 16.2. The van der Waals surface area contributed by atoms with Crippen LogP contribution in [0.25, 0.3) is 0 Å². The molecule has 0 aromatic carbocycles. The topological polar surface area (TPSA) is 58.2 Å². The van der Waals surface area contributed by atoms with E-state index < -0.39 is 0 Å². The highest BCUT2D eigenvalue weighted by Gasteiger charge is 2.16. The second kappa shape index (κ2) is 18.4. The minimum absolute atomic E-state index is 0.0657. The molecule has 0 radical (unpaired) electrons. The summed E-state index contributed by atoms with van der Waals surface area (Å²) in [7, 11) is 0. The molecule has 32 heavy (non-hydrogen) atoms. The fraction of sp³-hybridized carbons (Fsp3) is 0.929. The van der Waals surface area contributed by atoms with E-state index in [4.69, 9.17) is 0 Å². The summed E-state index contributed by atoms with van der Waals surface area (Å²) in [5.41, 5.74) is 0. The first-order valence-corrected chi connectivity index (χ1v) is 14.3. The monoisotopic (exact) mass is 448 g/mol. The van der Waals surface area contributed by atoms with Gasteiger partial charge in [-0.25, -0.2) is 0 Å². The average Bonchev–Trinajstić information content (AvgIpc) is 2.76. The molecule has 0 spiro atoms. The molecule has 2 saturated carbocycles. The maximum Gasteiger partial charge on any atom is 0.220 e. The molecule has 0 heterocycles. The van der Waals surface area contributed by atoms with Crippen LogP contribution in [-0.4, -0.2) is 23.9 Å². The number of carbonyl (C=O) groups excluding carboxylic acids is 2. The van der Waals surface area contributed by atoms with Crippen molar-refractivity contribution in [2.24, 2.45) is 0 Å². The van der Waals surface area contributed by atoms with Gasteiger partial charge in [0.05, 0.1) is 0 Å². The Labute approximate surface area is 198 Å². The average molecular weight is 449 g/mol. The van der Waals surface area contributed by atoms with Gasteiger partial charge in [0.2, 0.25) is 11.8 Å². The summed E-state index contributed by atoms with van der Waals surface area (Å²) >= 11 is 0. The van der Waals surface area contributed by atoms with E-state index in [0.29, 0.717) is 24.9 Å². The smallest absolute Gasteiger partial charge is 0.220 e. The number of hydrogen-bond acceptors (Lipinski definition) is 2. The van der Waals surface area contributed by atoms with Crippen LogP contribution >= 0.6 is 0 Å². The summed E-state index contributed by atoms with van der Waals surface area (Å²) in [6.07, 6.45) is 28.7. The van der Waals surface area contributed by atoms with Crippen molar-refractivity contribution < 1.29 is 9.59 Å². The molecule has 0 unspecified atom stereocenters. The van der Waals surface area contributed by atoms with Gasteiger partial charge in [0, 0.05) is 24.9 Å². The van der Waals surface area contributed by atoms with Crippen LogP contribution in [0.5, 0.6) is 0 Å². The number of rotatable bonds is 5. The molecule has 0 saturated heterocycles. The lowest BCUT2D eigenvalue weighted by Gasteiger charge is -2.21. The van der Waals surface area contributed by atoms with Crippen LogP contribution in [-0.2, 0) is 9.59 Å². The third kappa shape index (κ3) is 14.2. The zero-order valence-corrected chi connectivity index (χ0v) is 20.9. The minimum Gasteiger partial charge on any atom is -0.353 e. The fourth-order valence-corrected chi connectivity index (χ4v) is 5.44. The van der Waals surface area contributed by atoms with Gasteiger partial charge in [0.25, 0.3) is 0 Å². The van der Waals surface area contributed by atoms with Gasteiger partial charge in [-0.3, -0.25) is 9.59 Å². The molecule has 2 fully saturated rings. The maximum absolute atomic E-state index is 12.5. The standard InChI is InChI=1S/C28H52N2O2/c31-27(29-25-19-15-11-7-3-1-4-8-12-16-20-25)23-24-28(32)30-26-21-17-13-9-5-2-6-10-14-18-22-26/h25-26H,1-24H2,(H,29,31)(H,30,32). The summed E-state index contributed by atoms with van der Waals surface area (Å²) in [6.45, 7) is 0. The number of carbonyl (C=O) groups is 2. The van der Waals surface area contributed by atoms with Crippen molar-refractivity contribution in [3.63, 3.8) is 0 Å². The Bertz CT molecular complexity index is 426. The molecule has 4 nitrogen and oxygen atoms in total. The van der Waals surface area contributed by atoms with Gasteiger partial charge in [-0.2, -0.15) is 0 Å². The van der Waals surface area contributed by atoms with E-state index in [1.807, 2.05) is 0 Å². The first kappa shape index (κ1) is 27.2. The molecule has 0 aromatic heterocycles. The second-order valence-electron chi connectivity index (χ2n) is 10.5.